The van der Waals surface area contributed by atoms with E-state index in [1.54, 1.807) is 18.2 Å². The SMILES string of the molecule is Nc1ccc(Nc2cc(F)ccc2Br)cc1. The first-order chi connectivity index (χ1) is 7.65. The van der Waals surface area contributed by atoms with Crippen molar-refractivity contribution in [2.75, 3.05) is 11.1 Å². The van der Waals surface area contributed by atoms with Crippen molar-refractivity contribution in [3.63, 3.8) is 0 Å². The molecule has 0 heterocycles. The molecule has 16 heavy (non-hydrogen) atoms. The second-order valence-corrected chi connectivity index (χ2v) is 4.23. The van der Waals surface area contributed by atoms with Gasteiger partial charge in [0.05, 0.1) is 5.69 Å². The van der Waals surface area contributed by atoms with Gasteiger partial charge in [-0.15, -0.1) is 0 Å². The first-order valence-electron chi connectivity index (χ1n) is 4.73. The Labute approximate surface area is 101 Å². The van der Waals surface area contributed by atoms with E-state index in [1.165, 1.54) is 12.1 Å². The van der Waals surface area contributed by atoms with Crippen molar-refractivity contribution in [3.05, 3.63) is 52.8 Å². The first-order valence-corrected chi connectivity index (χ1v) is 5.52. The Morgan fingerprint density at radius 1 is 1.06 bits per heavy atom. The Kier molecular flexibility index (Phi) is 3.10. The number of hydrogen-bond donors (Lipinski definition) is 2. The summed E-state index contributed by atoms with van der Waals surface area (Å²) in [6.07, 6.45) is 0. The minimum atomic E-state index is -0.277. The zero-order chi connectivity index (χ0) is 11.5. The van der Waals surface area contributed by atoms with E-state index in [0.717, 1.165) is 10.2 Å². The lowest BCUT2D eigenvalue weighted by Gasteiger charge is -2.08. The molecular weight excluding hydrogens is 271 g/mol. The molecule has 0 aromatic heterocycles. The highest BCUT2D eigenvalue weighted by Gasteiger charge is 2.01. The van der Waals surface area contributed by atoms with Gasteiger partial charge in [0.25, 0.3) is 0 Å². The molecule has 4 heteroatoms. The van der Waals surface area contributed by atoms with Crippen LogP contribution in [0.25, 0.3) is 0 Å². The van der Waals surface area contributed by atoms with Gasteiger partial charge < -0.3 is 11.1 Å². The Balaban J connectivity index is 2.26. The van der Waals surface area contributed by atoms with Crippen LogP contribution in [-0.2, 0) is 0 Å². The molecule has 0 radical (unpaired) electrons. The van der Waals surface area contributed by atoms with Crippen LogP contribution < -0.4 is 11.1 Å². The number of halogens is 2. The number of rotatable bonds is 2. The van der Waals surface area contributed by atoms with Crippen molar-refractivity contribution in [3.8, 4) is 0 Å². The van der Waals surface area contributed by atoms with E-state index in [1.807, 2.05) is 12.1 Å². The summed E-state index contributed by atoms with van der Waals surface area (Å²) in [7, 11) is 0. The van der Waals surface area contributed by atoms with Gasteiger partial charge in [-0.3, -0.25) is 0 Å². The predicted octanol–water partition coefficient (Wildman–Crippen LogP) is 3.91. The third-order valence-electron chi connectivity index (χ3n) is 2.12. The molecule has 2 nitrogen and oxygen atoms in total. The second kappa shape index (κ2) is 4.53. The minimum absolute atomic E-state index is 0.277. The molecule has 0 fully saturated rings. The zero-order valence-corrected chi connectivity index (χ0v) is 9.96. The fourth-order valence-electron chi connectivity index (χ4n) is 1.32. The topological polar surface area (TPSA) is 38.0 Å². The molecule has 0 spiro atoms. The summed E-state index contributed by atoms with van der Waals surface area (Å²) in [6, 6.07) is 11.7. The van der Waals surface area contributed by atoms with Gasteiger partial charge in [0.15, 0.2) is 0 Å². The number of anilines is 3. The molecule has 2 rings (SSSR count). The summed E-state index contributed by atoms with van der Waals surface area (Å²) >= 11 is 3.35. The summed E-state index contributed by atoms with van der Waals surface area (Å²) in [6.45, 7) is 0. The van der Waals surface area contributed by atoms with Crippen molar-refractivity contribution in [1.82, 2.24) is 0 Å². The average Bonchev–Trinajstić information content (AvgIpc) is 2.27. The van der Waals surface area contributed by atoms with E-state index in [-0.39, 0.29) is 5.82 Å². The Morgan fingerprint density at radius 3 is 2.44 bits per heavy atom. The minimum Gasteiger partial charge on any atom is -0.399 e. The van der Waals surface area contributed by atoms with E-state index < -0.39 is 0 Å². The molecule has 0 aliphatic heterocycles. The predicted molar refractivity (Wildman–Crippen MR) is 68.2 cm³/mol. The van der Waals surface area contributed by atoms with Crippen molar-refractivity contribution in [2.45, 2.75) is 0 Å². The molecular formula is C12H10BrFN2. The van der Waals surface area contributed by atoms with Gasteiger partial charge in [0.2, 0.25) is 0 Å². The molecule has 0 amide bonds. The molecule has 2 aromatic carbocycles. The van der Waals surface area contributed by atoms with Crippen LogP contribution in [0, 0.1) is 5.82 Å². The van der Waals surface area contributed by atoms with E-state index >= 15 is 0 Å². The Morgan fingerprint density at radius 2 is 1.75 bits per heavy atom. The maximum absolute atomic E-state index is 13.0. The highest BCUT2D eigenvalue weighted by atomic mass is 79.9. The fraction of sp³-hybridized carbons (Fsp3) is 0. The van der Waals surface area contributed by atoms with Crippen LogP contribution >= 0.6 is 15.9 Å². The van der Waals surface area contributed by atoms with Crippen LogP contribution in [0.2, 0.25) is 0 Å². The quantitative estimate of drug-likeness (QED) is 0.819. The maximum atomic E-state index is 13.0. The standard InChI is InChI=1S/C12H10BrFN2/c13-11-6-1-8(14)7-12(11)16-10-4-2-9(15)3-5-10/h1-7,16H,15H2. The van der Waals surface area contributed by atoms with Crippen molar-refractivity contribution in [1.29, 1.82) is 0 Å². The van der Waals surface area contributed by atoms with Crippen LogP contribution in [0.5, 0.6) is 0 Å². The second-order valence-electron chi connectivity index (χ2n) is 3.37. The van der Waals surface area contributed by atoms with Gasteiger partial charge in [-0.05, 0) is 58.4 Å². The summed E-state index contributed by atoms with van der Waals surface area (Å²) in [4.78, 5) is 0. The lowest BCUT2D eigenvalue weighted by molar-refractivity contribution is 0.628. The van der Waals surface area contributed by atoms with Crippen molar-refractivity contribution < 1.29 is 4.39 Å². The highest BCUT2D eigenvalue weighted by molar-refractivity contribution is 9.10. The molecule has 0 saturated carbocycles. The normalized spacial score (nSPS) is 10.1. The van der Waals surface area contributed by atoms with Gasteiger partial charge >= 0.3 is 0 Å². The number of hydrogen-bond acceptors (Lipinski definition) is 2. The Bertz CT molecular complexity index is 497. The number of benzene rings is 2. The van der Waals surface area contributed by atoms with Crippen LogP contribution in [0.4, 0.5) is 21.5 Å². The fourth-order valence-corrected chi connectivity index (χ4v) is 1.66. The largest absolute Gasteiger partial charge is 0.399 e. The van der Waals surface area contributed by atoms with Gasteiger partial charge in [-0.25, -0.2) is 4.39 Å². The average molecular weight is 281 g/mol. The third-order valence-corrected chi connectivity index (χ3v) is 2.81. The summed E-state index contributed by atoms with van der Waals surface area (Å²) in [5.74, 6) is -0.277. The van der Waals surface area contributed by atoms with Gasteiger partial charge in [-0.1, -0.05) is 0 Å². The summed E-state index contributed by atoms with van der Waals surface area (Å²) in [5.41, 5.74) is 7.82. The van der Waals surface area contributed by atoms with E-state index in [9.17, 15) is 4.39 Å². The number of nitrogens with one attached hydrogen (secondary N) is 1. The zero-order valence-electron chi connectivity index (χ0n) is 8.37. The van der Waals surface area contributed by atoms with Crippen molar-refractivity contribution >= 4 is 33.0 Å². The molecule has 0 aliphatic rings. The van der Waals surface area contributed by atoms with Crippen molar-refractivity contribution in [2.24, 2.45) is 0 Å². The lowest BCUT2D eigenvalue weighted by Crippen LogP contribution is -1.93. The molecule has 0 unspecified atom stereocenters. The van der Waals surface area contributed by atoms with E-state index in [4.69, 9.17) is 5.73 Å². The van der Waals surface area contributed by atoms with Crippen LogP contribution in [0.15, 0.2) is 46.9 Å². The maximum Gasteiger partial charge on any atom is 0.125 e. The van der Waals surface area contributed by atoms with Crippen LogP contribution in [0.1, 0.15) is 0 Å². The van der Waals surface area contributed by atoms with E-state index in [2.05, 4.69) is 21.2 Å². The van der Waals surface area contributed by atoms with Crippen LogP contribution in [-0.4, -0.2) is 0 Å². The molecule has 82 valence electrons. The monoisotopic (exact) mass is 280 g/mol. The third kappa shape index (κ3) is 2.52. The molecule has 0 atom stereocenters. The van der Waals surface area contributed by atoms with Gasteiger partial charge in [-0.2, -0.15) is 0 Å². The molecule has 2 aromatic rings. The molecule has 0 bridgehead atoms. The molecule has 0 saturated heterocycles. The van der Waals surface area contributed by atoms with Gasteiger partial charge in [0, 0.05) is 15.8 Å². The Hall–Kier alpha value is -1.55. The highest BCUT2D eigenvalue weighted by Crippen LogP contribution is 2.26. The number of nitrogen functional groups attached to an aromatic ring is 1. The number of nitrogens with two attached hydrogens (primary N) is 1. The van der Waals surface area contributed by atoms with Crippen LogP contribution in [0.3, 0.4) is 0 Å². The molecule has 0 aliphatic carbocycles. The molecule has 3 N–H and O–H groups in total. The smallest absolute Gasteiger partial charge is 0.125 e. The summed E-state index contributed by atoms with van der Waals surface area (Å²) in [5, 5.41) is 3.10. The van der Waals surface area contributed by atoms with E-state index in [0.29, 0.717) is 11.4 Å². The van der Waals surface area contributed by atoms with Gasteiger partial charge in [0.1, 0.15) is 5.82 Å². The summed E-state index contributed by atoms with van der Waals surface area (Å²) < 4.78 is 13.8. The lowest BCUT2D eigenvalue weighted by atomic mass is 10.2. The first kappa shape index (κ1) is 11.0.